The van der Waals surface area contributed by atoms with Gasteiger partial charge in [-0.2, -0.15) is 0 Å². The molecule has 2 bridgehead atoms. The Labute approximate surface area is 120 Å². The number of hydrogen-bond donors (Lipinski definition) is 2. The van der Waals surface area contributed by atoms with Crippen LogP contribution in [0.15, 0.2) is 30.4 Å². The summed E-state index contributed by atoms with van der Waals surface area (Å²) in [7, 11) is 0. The molecule has 0 spiro atoms. The number of aryl methyl sites for hydroxylation is 1. The van der Waals surface area contributed by atoms with Crippen LogP contribution in [0.5, 0.6) is 0 Å². The van der Waals surface area contributed by atoms with E-state index in [0.29, 0.717) is 11.3 Å². The van der Waals surface area contributed by atoms with E-state index in [4.69, 9.17) is 4.74 Å². The van der Waals surface area contributed by atoms with Gasteiger partial charge in [0.15, 0.2) is 0 Å². The average Bonchev–Trinajstić information content (AvgIpc) is 3.03. The number of carbonyl (C=O) groups is 2. The van der Waals surface area contributed by atoms with Gasteiger partial charge in [-0.25, -0.2) is 4.39 Å². The molecular formula is C15H14FNO4. The zero-order valence-electron chi connectivity index (χ0n) is 11.2. The number of nitrogens with one attached hydrogen (secondary N) is 1. The Balaban J connectivity index is 1.83. The highest BCUT2D eigenvalue weighted by atomic mass is 19.1. The largest absolute Gasteiger partial charge is 0.481 e. The van der Waals surface area contributed by atoms with Crippen LogP contribution in [0, 0.1) is 24.6 Å². The molecule has 110 valence electrons. The minimum absolute atomic E-state index is 0.343. The molecule has 5 nitrogen and oxygen atoms in total. The van der Waals surface area contributed by atoms with E-state index >= 15 is 0 Å². The first-order valence-electron chi connectivity index (χ1n) is 6.61. The lowest BCUT2D eigenvalue weighted by Crippen LogP contribution is -2.39. The van der Waals surface area contributed by atoms with Crippen LogP contribution in [0.3, 0.4) is 0 Å². The van der Waals surface area contributed by atoms with Gasteiger partial charge in [-0.3, -0.25) is 9.59 Å². The van der Waals surface area contributed by atoms with Crippen molar-refractivity contribution in [2.75, 3.05) is 5.32 Å². The molecule has 2 heterocycles. The molecule has 1 saturated heterocycles. The molecule has 2 aliphatic rings. The fourth-order valence-corrected chi connectivity index (χ4v) is 2.86. The van der Waals surface area contributed by atoms with Gasteiger partial charge in [0.1, 0.15) is 11.7 Å². The lowest BCUT2D eigenvalue weighted by Gasteiger charge is -2.21. The smallest absolute Gasteiger partial charge is 0.310 e. The monoisotopic (exact) mass is 291 g/mol. The lowest BCUT2D eigenvalue weighted by atomic mass is 9.82. The van der Waals surface area contributed by atoms with Crippen molar-refractivity contribution in [1.29, 1.82) is 0 Å². The summed E-state index contributed by atoms with van der Waals surface area (Å²) in [6.07, 6.45) is 2.26. The molecule has 0 saturated carbocycles. The highest BCUT2D eigenvalue weighted by Crippen LogP contribution is 2.40. The number of rotatable bonds is 3. The van der Waals surface area contributed by atoms with Gasteiger partial charge in [0.25, 0.3) is 0 Å². The number of ether oxygens (including phenoxy) is 1. The second kappa shape index (κ2) is 4.96. The molecular weight excluding hydrogens is 277 g/mol. The summed E-state index contributed by atoms with van der Waals surface area (Å²) in [5.41, 5.74) is 1.05. The Hall–Kier alpha value is -2.21. The molecule has 1 aromatic carbocycles. The summed E-state index contributed by atoms with van der Waals surface area (Å²) < 4.78 is 18.7. The zero-order valence-corrected chi connectivity index (χ0v) is 11.2. The molecule has 6 heteroatoms. The SMILES string of the molecule is Cc1ccc(F)cc1NC(=O)[C@H]1[C@H](C(=O)O)[C@H]2C=C[C@H]1O2. The van der Waals surface area contributed by atoms with Crippen molar-refractivity contribution in [2.45, 2.75) is 19.1 Å². The number of anilines is 1. The quantitative estimate of drug-likeness (QED) is 0.832. The van der Waals surface area contributed by atoms with E-state index in [9.17, 15) is 19.1 Å². The minimum Gasteiger partial charge on any atom is -0.481 e. The summed E-state index contributed by atoms with van der Waals surface area (Å²) in [6.45, 7) is 1.74. The molecule has 0 aromatic heterocycles. The predicted molar refractivity (Wildman–Crippen MR) is 72.2 cm³/mol. The van der Waals surface area contributed by atoms with Crippen LogP contribution in [0.4, 0.5) is 10.1 Å². The summed E-state index contributed by atoms with van der Waals surface area (Å²) in [5, 5.41) is 11.9. The van der Waals surface area contributed by atoms with Crippen LogP contribution >= 0.6 is 0 Å². The van der Waals surface area contributed by atoms with Crippen LogP contribution in [-0.4, -0.2) is 29.2 Å². The van der Waals surface area contributed by atoms with E-state index in [0.717, 1.165) is 0 Å². The Bertz CT molecular complexity index is 643. The first-order valence-corrected chi connectivity index (χ1v) is 6.61. The molecule has 1 aromatic rings. The fourth-order valence-electron chi connectivity index (χ4n) is 2.86. The highest BCUT2D eigenvalue weighted by Gasteiger charge is 2.53. The summed E-state index contributed by atoms with van der Waals surface area (Å²) in [4.78, 5) is 23.7. The van der Waals surface area contributed by atoms with Crippen molar-refractivity contribution in [1.82, 2.24) is 0 Å². The molecule has 4 atom stereocenters. The van der Waals surface area contributed by atoms with Crippen LogP contribution in [0.25, 0.3) is 0 Å². The van der Waals surface area contributed by atoms with Crippen LogP contribution in [0.2, 0.25) is 0 Å². The maximum Gasteiger partial charge on any atom is 0.310 e. The van der Waals surface area contributed by atoms with Gasteiger partial charge < -0.3 is 15.2 Å². The maximum absolute atomic E-state index is 13.2. The van der Waals surface area contributed by atoms with E-state index in [2.05, 4.69) is 5.32 Å². The molecule has 1 fully saturated rings. The summed E-state index contributed by atoms with van der Waals surface area (Å²) in [6, 6.07) is 4.07. The second-order valence-corrected chi connectivity index (χ2v) is 5.29. The Kier molecular flexibility index (Phi) is 3.25. The van der Waals surface area contributed by atoms with Gasteiger partial charge >= 0.3 is 5.97 Å². The predicted octanol–water partition coefficient (Wildman–Crippen LogP) is 1.73. The molecule has 1 amide bonds. The van der Waals surface area contributed by atoms with E-state index in [-0.39, 0.29) is 0 Å². The van der Waals surface area contributed by atoms with Crippen molar-refractivity contribution in [2.24, 2.45) is 11.8 Å². The minimum atomic E-state index is -1.07. The maximum atomic E-state index is 13.2. The number of fused-ring (bicyclic) bond motifs is 2. The molecule has 0 aliphatic carbocycles. The molecule has 2 aliphatic heterocycles. The molecule has 3 rings (SSSR count). The van der Waals surface area contributed by atoms with Crippen molar-refractivity contribution in [3.8, 4) is 0 Å². The van der Waals surface area contributed by atoms with Gasteiger partial charge in [-0.05, 0) is 24.6 Å². The summed E-state index contributed by atoms with van der Waals surface area (Å²) in [5.74, 6) is -3.71. The number of hydrogen-bond acceptors (Lipinski definition) is 3. The number of carboxylic acids is 1. The van der Waals surface area contributed by atoms with E-state index < -0.39 is 41.7 Å². The van der Waals surface area contributed by atoms with Gasteiger partial charge in [-0.15, -0.1) is 0 Å². The number of amides is 1. The third-order valence-electron chi connectivity index (χ3n) is 3.94. The van der Waals surface area contributed by atoms with Crippen molar-refractivity contribution < 1.29 is 23.8 Å². The average molecular weight is 291 g/mol. The van der Waals surface area contributed by atoms with Crippen LogP contribution in [0.1, 0.15) is 5.56 Å². The fraction of sp³-hybridized carbons (Fsp3) is 0.333. The van der Waals surface area contributed by atoms with Gasteiger partial charge in [0, 0.05) is 5.69 Å². The molecule has 0 radical (unpaired) electrons. The van der Waals surface area contributed by atoms with Crippen LogP contribution in [-0.2, 0) is 14.3 Å². The van der Waals surface area contributed by atoms with Gasteiger partial charge in [0.05, 0.1) is 18.1 Å². The van der Waals surface area contributed by atoms with Crippen molar-refractivity contribution in [3.63, 3.8) is 0 Å². The second-order valence-electron chi connectivity index (χ2n) is 5.29. The molecule has 0 unspecified atom stereocenters. The normalized spacial score (nSPS) is 29.6. The van der Waals surface area contributed by atoms with Crippen molar-refractivity contribution in [3.05, 3.63) is 41.7 Å². The molecule has 21 heavy (non-hydrogen) atoms. The first kappa shape index (κ1) is 13.8. The van der Waals surface area contributed by atoms with Gasteiger partial charge in [0.2, 0.25) is 5.91 Å². The number of carbonyl (C=O) groups excluding carboxylic acids is 1. The number of aliphatic carboxylic acids is 1. The number of benzene rings is 1. The highest BCUT2D eigenvalue weighted by molar-refractivity contribution is 5.97. The summed E-state index contributed by atoms with van der Waals surface area (Å²) >= 11 is 0. The lowest BCUT2D eigenvalue weighted by molar-refractivity contribution is -0.145. The first-order chi connectivity index (χ1) is 9.97. The third-order valence-corrected chi connectivity index (χ3v) is 3.94. The topological polar surface area (TPSA) is 75.6 Å². The zero-order chi connectivity index (χ0) is 15.1. The standard InChI is InChI=1S/C15H14FNO4/c1-7-2-3-8(16)6-9(7)17-14(18)12-10-4-5-11(21-10)13(12)15(19)20/h2-6,10-13H,1H3,(H,17,18)(H,19,20)/t10-,11-,12-,13-/m1/s1. The number of carboxylic acid groups (broad SMARTS) is 1. The van der Waals surface area contributed by atoms with E-state index in [1.165, 1.54) is 12.1 Å². The Morgan fingerprint density at radius 1 is 1.24 bits per heavy atom. The van der Waals surface area contributed by atoms with E-state index in [1.54, 1.807) is 25.1 Å². The Morgan fingerprint density at radius 2 is 1.90 bits per heavy atom. The third kappa shape index (κ3) is 2.31. The Morgan fingerprint density at radius 3 is 2.57 bits per heavy atom. The molecule has 2 N–H and O–H groups in total. The van der Waals surface area contributed by atoms with Gasteiger partial charge in [-0.1, -0.05) is 18.2 Å². The number of halogens is 1. The van der Waals surface area contributed by atoms with Crippen molar-refractivity contribution >= 4 is 17.6 Å². The van der Waals surface area contributed by atoms with E-state index in [1.807, 2.05) is 0 Å². The van der Waals surface area contributed by atoms with Crippen LogP contribution < -0.4 is 5.32 Å².